The average Bonchev–Trinajstić information content (AvgIpc) is 2.71. The van der Waals surface area contributed by atoms with Crippen LogP contribution >= 0.6 is 0 Å². The smallest absolute Gasteiger partial charge is 0.0833 e. The predicted molar refractivity (Wildman–Crippen MR) is 87.2 cm³/mol. The van der Waals surface area contributed by atoms with Crippen LogP contribution < -0.4 is 0 Å². The van der Waals surface area contributed by atoms with Gasteiger partial charge in [0.2, 0.25) is 0 Å². The summed E-state index contributed by atoms with van der Waals surface area (Å²) in [4.78, 5) is 0. The van der Waals surface area contributed by atoms with E-state index < -0.39 is 0 Å². The summed E-state index contributed by atoms with van der Waals surface area (Å²) >= 11 is 0. The highest BCUT2D eigenvalue weighted by Gasteiger charge is 2.55. The Morgan fingerprint density at radius 3 is 2.00 bits per heavy atom. The molecule has 1 nitrogen and oxygen atoms in total. The van der Waals surface area contributed by atoms with Gasteiger partial charge in [-0.05, 0) is 48.1 Å². The first-order valence-corrected chi connectivity index (χ1v) is 8.61. The monoisotopic (exact) mass is 281 g/mol. The Kier molecular flexibility index (Phi) is 3.82. The molecule has 0 amide bonds. The highest BCUT2D eigenvalue weighted by molar-refractivity contribution is 5.39. The van der Waals surface area contributed by atoms with Crippen molar-refractivity contribution in [2.24, 2.45) is 5.41 Å². The van der Waals surface area contributed by atoms with Gasteiger partial charge in [-0.25, -0.2) is 0 Å². The van der Waals surface area contributed by atoms with E-state index in [9.17, 15) is 5.26 Å². The lowest BCUT2D eigenvalue weighted by Gasteiger charge is -2.53. The highest BCUT2D eigenvalue weighted by atomic mass is 14.6. The molecule has 21 heavy (non-hydrogen) atoms. The van der Waals surface area contributed by atoms with Crippen LogP contribution in [0.2, 0.25) is 0 Å². The third-order valence-electron chi connectivity index (χ3n) is 5.86. The van der Waals surface area contributed by atoms with Crippen LogP contribution in [0.15, 0.2) is 24.3 Å². The first-order valence-electron chi connectivity index (χ1n) is 8.61. The fourth-order valence-electron chi connectivity index (χ4n) is 4.60. The molecule has 112 valence electrons. The van der Waals surface area contributed by atoms with Crippen LogP contribution in [-0.2, 0) is 5.41 Å². The van der Waals surface area contributed by atoms with Crippen LogP contribution in [0.25, 0.3) is 0 Å². The van der Waals surface area contributed by atoms with Crippen molar-refractivity contribution in [3.8, 4) is 6.07 Å². The van der Waals surface area contributed by atoms with E-state index >= 15 is 0 Å². The largest absolute Gasteiger partial charge is 0.197 e. The number of rotatable bonds is 2. The van der Waals surface area contributed by atoms with E-state index in [4.69, 9.17) is 0 Å². The molecule has 0 bridgehead atoms. The van der Waals surface area contributed by atoms with Crippen molar-refractivity contribution >= 4 is 0 Å². The maximum absolute atomic E-state index is 9.80. The van der Waals surface area contributed by atoms with Crippen LogP contribution in [0, 0.1) is 16.7 Å². The maximum Gasteiger partial charge on any atom is 0.0833 e. The summed E-state index contributed by atoms with van der Waals surface area (Å²) in [6, 6.07) is 11.5. The summed E-state index contributed by atoms with van der Waals surface area (Å²) < 4.78 is 0. The number of hydrogen-bond donors (Lipinski definition) is 0. The second-order valence-electron chi connectivity index (χ2n) is 7.74. The third-order valence-corrected chi connectivity index (χ3v) is 5.86. The zero-order valence-corrected chi connectivity index (χ0v) is 13.5. The summed E-state index contributed by atoms with van der Waals surface area (Å²) in [5.74, 6) is 0.562. The van der Waals surface area contributed by atoms with Crippen LogP contribution in [0.1, 0.15) is 82.3 Å². The molecule has 0 unspecified atom stereocenters. The van der Waals surface area contributed by atoms with Crippen LogP contribution in [-0.4, -0.2) is 0 Å². The van der Waals surface area contributed by atoms with Gasteiger partial charge in [0.15, 0.2) is 0 Å². The average molecular weight is 281 g/mol. The SMILES string of the molecule is CC(C)c1ccc(C2(C#N)CC3(CCCCCC3)C2)cc1. The lowest BCUT2D eigenvalue weighted by Crippen LogP contribution is -2.48. The second-order valence-corrected chi connectivity index (χ2v) is 7.74. The standard InChI is InChI=1S/C20H27N/c1-16(2)17-7-9-18(10-8-17)20(15-21)13-19(14-20)11-5-3-4-6-12-19/h7-10,16H,3-6,11-14H2,1-2H3. The van der Waals surface area contributed by atoms with Gasteiger partial charge < -0.3 is 0 Å². The second kappa shape index (κ2) is 5.48. The van der Waals surface area contributed by atoms with E-state index in [1.165, 1.54) is 49.7 Å². The zero-order chi connectivity index (χ0) is 14.9. The van der Waals surface area contributed by atoms with Gasteiger partial charge in [0.25, 0.3) is 0 Å². The molecule has 2 fully saturated rings. The highest BCUT2D eigenvalue weighted by Crippen LogP contribution is 2.61. The first-order chi connectivity index (χ1) is 10.1. The van der Waals surface area contributed by atoms with E-state index in [0.717, 1.165) is 12.8 Å². The molecule has 2 aliphatic carbocycles. The molecule has 0 aromatic heterocycles. The molecule has 0 saturated heterocycles. The normalized spacial score (nSPS) is 23.3. The molecule has 3 rings (SSSR count). The maximum atomic E-state index is 9.80. The number of nitriles is 1. The van der Waals surface area contributed by atoms with E-state index in [1.54, 1.807) is 0 Å². The fourth-order valence-corrected chi connectivity index (χ4v) is 4.60. The molecule has 1 aromatic carbocycles. The lowest BCUT2D eigenvalue weighted by molar-refractivity contribution is 0.0398. The van der Waals surface area contributed by atoms with Crippen molar-refractivity contribution in [3.63, 3.8) is 0 Å². The van der Waals surface area contributed by atoms with Crippen molar-refractivity contribution < 1.29 is 0 Å². The molecular weight excluding hydrogens is 254 g/mol. The molecule has 0 aliphatic heterocycles. The van der Waals surface area contributed by atoms with E-state index in [1.807, 2.05) is 0 Å². The molecule has 0 atom stereocenters. The Balaban J connectivity index is 1.79. The molecule has 0 radical (unpaired) electrons. The van der Waals surface area contributed by atoms with Crippen LogP contribution in [0.3, 0.4) is 0 Å². The van der Waals surface area contributed by atoms with Gasteiger partial charge in [0.1, 0.15) is 0 Å². The number of hydrogen-bond acceptors (Lipinski definition) is 1. The van der Waals surface area contributed by atoms with Gasteiger partial charge in [-0.15, -0.1) is 0 Å². The van der Waals surface area contributed by atoms with Crippen molar-refractivity contribution in [3.05, 3.63) is 35.4 Å². The lowest BCUT2D eigenvalue weighted by atomic mass is 9.48. The zero-order valence-electron chi connectivity index (χ0n) is 13.5. The van der Waals surface area contributed by atoms with Crippen LogP contribution in [0.4, 0.5) is 0 Å². The summed E-state index contributed by atoms with van der Waals surface area (Å²) in [6.45, 7) is 4.44. The molecule has 1 aromatic rings. The minimum atomic E-state index is -0.195. The van der Waals surface area contributed by atoms with E-state index in [-0.39, 0.29) is 5.41 Å². The Morgan fingerprint density at radius 1 is 0.952 bits per heavy atom. The van der Waals surface area contributed by atoms with Gasteiger partial charge in [0, 0.05) is 0 Å². The molecule has 1 spiro atoms. The van der Waals surface area contributed by atoms with Gasteiger partial charge >= 0.3 is 0 Å². The summed E-state index contributed by atoms with van der Waals surface area (Å²) in [7, 11) is 0. The van der Waals surface area contributed by atoms with E-state index in [2.05, 4.69) is 44.2 Å². The van der Waals surface area contributed by atoms with Crippen molar-refractivity contribution in [2.75, 3.05) is 0 Å². The molecular formula is C20H27N. The minimum Gasteiger partial charge on any atom is -0.197 e. The Bertz CT molecular complexity index is 516. The minimum absolute atomic E-state index is 0.195. The summed E-state index contributed by atoms with van der Waals surface area (Å²) in [5.41, 5.74) is 2.92. The van der Waals surface area contributed by atoms with Gasteiger partial charge in [0.05, 0.1) is 11.5 Å². The quantitative estimate of drug-likeness (QED) is 0.681. The van der Waals surface area contributed by atoms with Crippen LogP contribution in [0.5, 0.6) is 0 Å². The Hall–Kier alpha value is -1.29. The predicted octanol–water partition coefficient (Wildman–Crippen LogP) is 5.71. The summed E-state index contributed by atoms with van der Waals surface area (Å²) in [5, 5.41) is 9.80. The Labute approximate surface area is 129 Å². The van der Waals surface area contributed by atoms with Crippen molar-refractivity contribution in [2.45, 2.75) is 76.5 Å². The number of benzene rings is 1. The molecule has 2 aliphatic rings. The van der Waals surface area contributed by atoms with Crippen molar-refractivity contribution in [1.29, 1.82) is 5.26 Å². The van der Waals surface area contributed by atoms with Gasteiger partial charge in [-0.1, -0.05) is 63.8 Å². The third kappa shape index (κ3) is 2.61. The van der Waals surface area contributed by atoms with E-state index in [0.29, 0.717) is 11.3 Å². The van der Waals surface area contributed by atoms with Gasteiger partial charge in [-0.3, -0.25) is 0 Å². The van der Waals surface area contributed by atoms with Gasteiger partial charge in [-0.2, -0.15) is 5.26 Å². The number of nitrogens with zero attached hydrogens (tertiary/aromatic N) is 1. The molecule has 1 heteroatoms. The summed E-state index contributed by atoms with van der Waals surface area (Å²) in [6.07, 6.45) is 10.4. The molecule has 0 N–H and O–H groups in total. The van der Waals surface area contributed by atoms with Crippen molar-refractivity contribution in [1.82, 2.24) is 0 Å². The molecule has 0 heterocycles. The topological polar surface area (TPSA) is 23.8 Å². The fraction of sp³-hybridized carbons (Fsp3) is 0.650. The Morgan fingerprint density at radius 2 is 1.52 bits per heavy atom. The first kappa shape index (κ1) is 14.6. The molecule has 2 saturated carbocycles.